The summed E-state index contributed by atoms with van der Waals surface area (Å²) in [6, 6.07) is 15.2. The first-order chi connectivity index (χ1) is 17.3. The molecule has 0 amide bonds. The van der Waals surface area contributed by atoms with Crippen LogP contribution in [0.5, 0.6) is 5.75 Å². The number of nitrogens with zero attached hydrogens (tertiary/aromatic N) is 3. The van der Waals surface area contributed by atoms with Crippen molar-refractivity contribution in [1.29, 1.82) is 0 Å². The van der Waals surface area contributed by atoms with Gasteiger partial charge in [-0.1, -0.05) is 46.6 Å². The van der Waals surface area contributed by atoms with Crippen molar-refractivity contribution >= 4 is 66.5 Å². The Morgan fingerprint density at radius 3 is 2.61 bits per heavy atom. The molecular formula is C26H20Br2ClN3O4. The molecule has 0 aliphatic rings. The Balaban J connectivity index is 1.71. The SMILES string of the molecule is CCCc1nc2ccc(Br)cc2c(=O)n1N=Cc1cc(Cl)cc(Br)c1OCc1ccc(C(=O)O)cc1. The first-order valence-electron chi connectivity index (χ1n) is 11.0. The Morgan fingerprint density at radius 1 is 1.17 bits per heavy atom. The van der Waals surface area contributed by atoms with Gasteiger partial charge in [-0.25, -0.2) is 9.78 Å². The number of benzene rings is 3. The smallest absolute Gasteiger partial charge is 0.335 e. The molecule has 36 heavy (non-hydrogen) atoms. The van der Waals surface area contributed by atoms with E-state index in [4.69, 9.17) is 21.4 Å². The van der Waals surface area contributed by atoms with Crippen LogP contribution < -0.4 is 10.3 Å². The molecule has 0 unspecified atom stereocenters. The molecule has 1 aromatic heterocycles. The molecule has 10 heteroatoms. The average molecular weight is 634 g/mol. The molecule has 0 saturated carbocycles. The van der Waals surface area contributed by atoms with E-state index in [1.54, 1.807) is 36.4 Å². The van der Waals surface area contributed by atoms with Crippen LogP contribution in [-0.2, 0) is 13.0 Å². The number of aromatic carboxylic acids is 1. The van der Waals surface area contributed by atoms with Gasteiger partial charge in [-0.2, -0.15) is 9.78 Å². The van der Waals surface area contributed by atoms with Gasteiger partial charge in [0.1, 0.15) is 18.2 Å². The molecule has 0 aliphatic heterocycles. The molecule has 0 atom stereocenters. The molecule has 184 valence electrons. The summed E-state index contributed by atoms with van der Waals surface area (Å²) in [6.45, 7) is 2.20. The number of carboxylic acid groups (broad SMARTS) is 1. The van der Waals surface area contributed by atoms with Gasteiger partial charge in [0.25, 0.3) is 5.56 Å². The van der Waals surface area contributed by atoms with Crippen LogP contribution in [0.1, 0.15) is 40.7 Å². The summed E-state index contributed by atoms with van der Waals surface area (Å²) in [4.78, 5) is 29.0. The fourth-order valence-electron chi connectivity index (χ4n) is 3.55. The third-order valence-electron chi connectivity index (χ3n) is 5.28. The van der Waals surface area contributed by atoms with Crippen molar-refractivity contribution in [2.24, 2.45) is 5.10 Å². The number of ether oxygens (including phenoxy) is 1. The van der Waals surface area contributed by atoms with E-state index in [1.165, 1.54) is 23.0 Å². The summed E-state index contributed by atoms with van der Waals surface area (Å²) in [7, 11) is 0. The Hall–Kier alpha value is -3.01. The number of carboxylic acids is 1. The van der Waals surface area contributed by atoms with Crippen LogP contribution in [0, 0.1) is 0 Å². The minimum atomic E-state index is -0.991. The highest BCUT2D eigenvalue weighted by Crippen LogP contribution is 2.32. The fourth-order valence-corrected chi connectivity index (χ4v) is 4.86. The van der Waals surface area contributed by atoms with Gasteiger partial charge in [-0.15, -0.1) is 0 Å². The first kappa shape index (κ1) is 26.1. The average Bonchev–Trinajstić information content (AvgIpc) is 2.84. The number of carbonyl (C=O) groups is 1. The highest BCUT2D eigenvalue weighted by molar-refractivity contribution is 9.10. The maximum Gasteiger partial charge on any atom is 0.335 e. The zero-order valence-corrected chi connectivity index (χ0v) is 23.0. The lowest BCUT2D eigenvalue weighted by Crippen LogP contribution is -2.22. The molecule has 4 aromatic rings. The summed E-state index contributed by atoms with van der Waals surface area (Å²) >= 11 is 13.2. The standard InChI is InChI=1S/C26H20Br2ClN3O4/c1-2-3-23-31-22-9-8-18(27)11-20(22)25(33)32(23)30-13-17-10-19(29)12-21(28)24(17)36-14-15-4-6-16(7-5-15)26(34)35/h4-13H,2-3,14H2,1H3,(H,34,35). The Labute approximate surface area is 228 Å². The van der Waals surface area contributed by atoms with Crippen molar-refractivity contribution in [3.05, 3.63) is 101 Å². The second-order valence-electron chi connectivity index (χ2n) is 7.90. The Morgan fingerprint density at radius 2 is 1.92 bits per heavy atom. The van der Waals surface area contributed by atoms with Crippen LogP contribution in [0.25, 0.3) is 10.9 Å². The molecule has 0 spiro atoms. The molecule has 1 N–H and O–H groups in total. The van der Waals surface area contributed by atoms with Crippen molar-refractivity contribution in [2.45, 2.75) is 26.4 Å². The molecule has 4 rings (SSSR count). The van der Waals surface area contributed by atoms with Gasteiger partial charge in [0.15, 0.2) is 0 Å². The van der Waals surface area contributed by atoms with E-state index in [0.29, 0.717) is 44.0 Å². The molecule has 0 fully saturated rings. The van der Waals surface area contributed by atoms with Gasteiger partial charge in [-0.3, -0.25) is 4.79 Å². The number of aryl methyl sites for hydroxylation is 1. The number of halogens is 3. The molecule has 0 aliphatic carbocycles. The molecular weight excluding hydrogens is 614 g/mol. The maximum absolute atomic E-state index is 13.3. The number of hydrogen-bond donors (Lipinski definition) is 1. The van der Waals surface area contributed by atoms with Crippen LogP contribution in [-0.4, -0.2) is 27.0 Å². The van der Waals surface area contributed by atoms with E-state index in [1.807, 2.05) is 13.0 Å². The fraction of sp³-hybridized carbons (Fsp3) is 0.154. The minimum Gasteiger partial charge on any atom is -0.487 e. The second kappa shape index (κ2) is 11.4. The lowest BCUT2D eigenvalue weighted by molar-refractivity contribution is 0.0697. The van der Waals surface area contributed by atoms with E-state index in [-0.39, 0.29) is 17.7 Å². The van der Waals surface area contributed by atoms with E-state index >= 15 is 0 Å². The Bertz CT molecular complexity index is 1540. The third-order valence-corrected chi connectivity index (χ3v) is 6.58. The lowest BCUT2D eigenvalue weighted by atomic mass is 10.1. The zero-order chi connectivity index (χ0) is 25.8. The minimum absolute atomic E-state index is 0.188. The topological polar surface area (TPSA) is 93.8 Å². The highest BCUT2D eigenvalue weighted by Gasteiger charge is 2.13. The van der Waals surface area contributed by atoms with Gasteiger partial charge in [-0.05, 0) is 70.4 Å². The molecule has 3 aromatic carbocycles. The summed E-state index contributed by atoms with van der Waals surface area (Å²) in [5.41, 5.74) is 1.88. The predicted octanol–water partition coefficient (Wildman–Crippen LogP) is 6.69. The number of fused-ring (bicyclic) bond motifs is 1. The lowest BCUT2D eigenvalue weighted by Gasteiger charge is -2.13. The van der Waals surface area contributed by atoms with Crippen LogP contribution in [0.2, 0.25) is 5.02 Å². The van der Waals surface area contributed by atoms with Gasteiger partial charge in [0.05, 0.1) is 27.2 Å². The highest BCUT2D eigenvalue weighted by atomic mass is 79.9. The van der Waals surface area contributed by atoms with Crippen molar-refractivity contribution in [3.8, 4) is 5.75 Å². The Kier molecular flexibility index (Phi) is 8.23. The largest absolute Gasteiger partial charge is 0.487 e. The van der Waals surface area contributed by atoms with E-state index in [9.17, 15) is 9.59 Å². The van der Waals surface area contributed by atoms with E-state index in [2.05, 4.69) is 41.9 Å². The van der Waals surface area contributed by atoms with Gasteiger partial charge in [0, 0.05) is 21.5 Å². The zero-order valence-electron chi connectivity index (χ0n) is 19.0. The van der Waals surface area contributed by atoms with Gasteiger partial charge < -0.3 is 9.84 Å². The van der Waals surface area contributed by atoms with Crippen LogP contribution in [0.15, 0.2) is 73.4 Å². The van der Waals surface area contributed by atoms with Gasteiger partial charge >= 0.3 is 5.97 Å². The quantitative estimate of drug-likeness (QED) is 0.218. The monoisotopic (exact) mass is 631 g/mol. The van der Waals surface area contributed by atoms with Gasteiger partial charge in [0.2, 0.25) is 0 Å². The van der Waals surface area contributed by atoms with Crippen molar-refractivity contribution in [2.75, 3.05) is 0 Å². The summed E-state index contributed by atoms with van der Waals surface area (Å²) in [5, 5.41) is 14.5. The normalized spacial score (nSPS) is 11.3. The van der Waals surface area contributed by atoms with E-state index < -0.39 is 5.97 Å². The molecule has 7 nitrogen and oxygen atoms in total. The molecule has 0 radical (unpaired) electrons. The summed E-state index contributed by atoms with van der Waals surface area (Å²) in [5.74, 6) is 0.0392. The molecule has 1 heterocycles. The number of hydrogen-bond acceptors (Lipinski definition) is 5. The van der Waals surface area contributed by atoms with Crippen molar-refractivity contribution in [3.63, 3.8) is 0 Å². The third kappa shape index (κ3) is 5.86. The number of aromatic nitrogens is 2. The van der Waals surface area contributed by atoms with E-state index in [0.717, 1.165) is 16.5 Å². The van der Waals surface area contributed by atoms with Crippen molar-refractivity contribution in [1.82, 2.24) is 9.66 Å². The second-order valence-corrected chi connectivity index (χ2v) is 10.1. The van der Waals surface area contributed by atoms with Crippen molar-refractivity contribution < 1.29 is 14.6 Å². The van der Waals surface area contributed by atoms with Crippen LogP contribution >= 0.6 is 43.5 Å². The number of rotatable bonds is 8. The summed E-state index contributed by atoms with van der Waals surface area (Å²) in [6.07, 6.45) is 2.89. The maximum atomic E-state index is 13.3. The molecule has 0 bridgehead atoms. The molecule has 0 saturated heterocycles. The summed E-state index contributed by atoms with van der Waals surface area (Å²) < 4.78 is 8.73. The first-order valence-corrected chi connectivity index (χ1v) is 12.9. The predicted molar refractivity (Wildman–Crippen MR) is 148 cm³/mol. The van der Waals surface area contributed by atoms with Crippen LogP contribution in [0.3, 0.4) is 0 Å². The van der Waals surface area contributed by atoms with Crippen LogP contribution in [0.4, 0.5) is 0 Å².